The highest BCUT2D eigenvalue weighted by Crippen LogP contribution is 2.18. The van der Waals surface area contributed by atoms with Crippen LogP contribution in [0.4, 0.5) is 0 Å². The highest BCUT2D eigenvalue weighted by Gasteiger charge is 2.16. The molecule has 1 saturated heterocycles. The highest BCUT2D eigenvalue weighted by molar-refractivity contribution is 4.72. The van der Waals surface area contributed by atoms with E-state index in [0.717, 1.165) is 5.92 Å². The summed E-state index contributed by atoms with van der Waals surface area (Å²) in [5.41, 5.74) is 0.472. The topological polar surface area (TPSA) is 15.3 Å². The van der Waals surface area contributed by atoms with Gasteiger partial charge in [0, 0.05) is 0 Å². The van der Waals surface area contributed by atoms with Gasteiger partial charge in [-0.15, -0.1) is 0 Å². The molecule has 0 aromatic heterocycles. The van der Waals surface area contributed by atoms with E-state index < -0.39 is 0 Å². The Balaban J connectivity index is 2.01. The first-order chi connectivity index (χ1) is 6.97. The summed E-state index contributed by atoms with van der Waals surface area (Å²) in [5.74, 6) is 0.918. The molecule has 0 saturated carbocycles. The van der Waals surface area contributed by atoms with Crippen LogP contribution in [-0.2, 0) is 0 Å². The summed E-state index contributed by atoms with van der Waals surface area (Å²) in [7, 11) is 2.23. The van der Waals surface area contributed by atoms with Gasteiger partial charge in [0.15, 0.2) is 0 Å². The Kier molecular flexibility index (Phi) is 5.07. The largest absolute Gasteiger partial charge is 0.316 e. The molecule has 1 heterocycles. The molecule has 15 heavy (non-hydrogen) atoms. The molecule has 0 aromatic rings. The summed E-state index contributed by atoms with van der Waals surface area (Å²) in [4.78, 5) is 2.44. The van der Waals surface area contributed by atoms with Crippen LogP contribution >= 0.6 is 0 Å². The second kappa shape index (κ2) is 5.86. The fourth-order valence-electron chi connectivity index (χ4n) is 2.04. The Bertz CT molecular complexity index is 164. The van der Waals surface area contributed by atoms with Crippen LogP contribution in [0.25, 0.3) is 0 Å². The number of nitrogens with zero attached hydrogens (tertiary/aromatic N) is 1. The predicted octanol–water partition coefficient (Wildman–Crippen LogP) is 2.35. The molecule has 1 rings (SSSR count). The van der Waals surface area contributed by atoms with Crippen molar-refractivity contribution in [3.8, 4) is 0 Å². The molecule has 2 nitrogen and oxygen atoms in total. The maximum atomic E-state index is 3.61. The van der Waals surface area contributed by atoms with Crippen molar-refractivity contribution in [1.29, 1.82) is 0 Å². The molecular weight excluding hydrogens is 184 g/mol. The van der Waals surface area contributed by atoms with E-state index in [1.54, 1.807) is 0 Å². The quantitative estimate of drug-likeness (QED) is 0.720. The smallest absolute Gasteiger partial charge is 0.00187 e. The van der Waals surface area contributed by atoms with E-state index in [0.29, 0.717) is 5.41 Å². The molecule has 0 atom stereocenters. The lowest BCUT2D eigenvalue weighted by atomic mass is 9.92. The van der Waals surface area contributed by atoms with Gasteiger partial charge < -0.3 is 10.2 Å². The maximum Gasteiger partial charge on any atom is -0.00187 e. The Morgan fingerprint density at radius 2 is 1.80 bits per heavy atom. The van der Waals surface area contributed by atoms with Crippen LogP contribution in [0.5, 0.6) is 0 Å². The zero-order valence-corrected chi connectivity index (χ0v) is 11.0. The van der Waals surface area contributed by atoms with Gasteiger partial charge in [0.25, 0.3) is 0 Å². The fraction of sp³-hybridized carbons (Fsp3) is 1.00. The first-order valence-corrected chi connectivity index (χ1v) is 6.37. The molecule has 1 aliphatic heterocycles. The minimum atomic E-state index is 0.472. The van der Waals surface area contributed by atoms with E-state index in [2.05, 4.69) is 38.0 Å². The van der Waals surface area contributed by atoms with Crippen molar-refractivity contribution in [2.24, 2.45) is 11.3 Å². The van der Waals surface area contributed by atoms with Crippen LogP contribution in [0.2, 0.25) is 0 Å². The molecule has 2 heteroatoms. The van der Waals surface area contributed by atoms with Gasteiger partial charge in [-0.25, -0.2) is 0 Å². The number of nitrogens with one attached hydrogen (secondary N) is 1. The first-order valence-electron chi connectivity index (χ1n) is 6.37. The van der Waals surface area contributed by atoms with Gasteiger partial charge in [-0.2, -0.15) is 0 Å². The molecule has 0 radical (unpaired) electrons. The molecule has 0 spiro atoms. The van der Waals surface area contributed by atoms with E-state index in [1.165, 1.54) is 45.4 Å². The third-order valence-corrected chi connectivity index (χ3v) is 3.32. The lowest BCUT2D eigenvalue weighted by Crippen LogP contribution is -2.35. The third-order valence-electron chi connectivity index (χ3n) is 3.32. The van der Waals surface area contributed by atoms with E-state index in [-0.39, 0.29) is 0 Å². The number of likely N-dealkylation sites (tertiary alicyclic amines) is 1. The second-order valence-electron chi connectivity index (χ2n) is 6.26. The Labute approximate surface area is 95.4 Å². The van der Waals surface area contributed by atoms with Crippen LogP contribution < -0.4 is 5.32 Å². The summed E-state index contributed by atoms with van der Waals surface area (Å²) < 4.78 is 0. The van der Waals surface area contributed by atoms with E-state index in [1.807, 2.05) is 0 Å². The molecule has 0 aromatic carbocycles. The van der Waals surface area contributed by atoms with Gasteiger partial charge in [0.05, 0.1) is 0 Å². The van der Waals surface area contributed by atoms with Crippen LogP contribution in [0.15, 0.2) is 0 Å². The van der Waals surface area contributed by atoms with Crippen LogP contribution in [0.1, 0.15) is 40.0 Å². The Hall–Kier alpha value is -0.0800. The van der Waals surface area contributed by atoms with Crippen LogP contribution in [0, 0.1) is 11.3 Å². The van der Waals surface area contributed by atoms with E-state index >= 15 is 0 Å². The average molecular weight is 212 g/mol. The van der Waals surface area contributed by atoms with Gasteiger partial charge in [-0.3, -0.25) is 0 Å². The van der Waals surface area contributed by atoms with Gasteiger partial charge in [0.2, 0.25) is 0 Å². The zero-order valence-electron chi connectivity index (χ0n) is 11.0. The van der Waals surface area contributed by atoms with Crippen LogP contribution in [-0.4, -0.2) is 38.1 Å². The number of hydrogen-bond acceptors (Lipinski definition) is 2. The Morgan fingerprint density at radius 1 is 1.20 bits per heavy atom. The van der Waals surface area contributed by atoms with Crippen molar-refractivity contribution in [1.82, 2.24) is 10.2 Å². The summed E-state index contributed by atoms with van der Waals surface area (Å²) in [6, 6.07) is 0. The average Bonchev–Trinajstić information content (AvgIpc) is 2.14. The Morgan fingerprint density at radius 3 is 2.33 bits per heavy atom. The minimum absolute atomic E-state index is 0.472. The molecule has 0 unspecified atom stereocenters. The monoisotopic (exact) mass is 212 g/mol. The predicted molar refractivity (Wildman–Crippen MR) is 67.2 cm³/mol. The lowest BCUT2D eigenvalue weighted by molar-refractivity contribution is 0.214. The van der Waals surface area contributed by atoms with Gasteiger partial charge in [-0.05, 0) is 63.8 Å². The van der Waals surface area contributed by atoms with Crippen molar-refractivity contribution in [2.45, 2.75) is 40.0 Å². The molecule has 0 amide bonds. The minimum Gasteiger partial charge on any atom is -0.316 e. The molecule has 1 N–H and O–H groups in total. The SMILES string of the molecule is CN1CCC(CNCCC(C)(C)C)CC1. The number of piperidine rings is 1. The maximum absolute atomic E-state index is 3.61. The normalized spacial score (nSPS) is 20.8. The molecule has 0 bridgehead atoms. The second-order valence-corrected chi connectivity index (χ2v) is 6.26. The summed E-state index contributed by atoms with van der Waals surface area (Å²) in [6.45, 7) is 11.9. The van der Waals surface area contributed by atoms with Crippen molar-refractivity contribution < 1.29 is 0 Å². The van der Waals surface area contributed by atoms with Gasteiger partial charge in [0.1, 0.15) is 0 Å². The first kappa shape index (κ1) is 13.0. The van der Waals surface area contributed by atoms with Crippen molar-refractivity contribution in [2.75, 3.05) is 33.2 Å². The molecule has 90 valence electrons. The number of rotatable bonds is 4. The molecular formula is C13H28N2. The van der Waals surface area contributed by atoms with E-state index in [4.69, 9.17) is 0 Å². The van der Waals surface area contributed by atoms with Gasteiger partial charge in [-0.1, -0.05) is 20.8 Å². The highest BCUT2D eigenvalue weighted by atomic mass is 15.1. The molecule has 1 aliphatic rings. The number of hydrogen-bond donors (Lipinski definition) is 1. The third kappa shape index (κ3) is 6.16. The van der Waals surface area contributed by atoms with Crippen LogP contribution in [0.3, 0.4) is 0 Å². The zero-order chi connectivity index (χ0) is 11.3. The van der Waals surface area contributed by atoms with Crippen molar-refractivity contribution in [3.05, 3.63) is 0 Å². The van der Waals surface area contributed by atoms with E-state index in [9.17, 15) is 0 Å². The van der Waals surface area contributed by atoms with Gasteiger partial charge >= 0.3 is 0 Å². The standard InChI is InChI=1S/C13H28N2/c1-13(2,3)7-8-14-11-12-5-9-15(4)10-6-12/h12,14H,5-11H2,1-4H3. The summed E-state index contributed by atoms with van der Waals surface area (Å²) in [5, 5.41) is 3.61. The molecule has 0 aliphatic carbocycles. The molecule has 1 fully saturated rings. The van der Waals surface area contributed by atoms with Crippen molar-refractivity contribution >= 4 is 0 Å². The fourth-order valence-corrected chi connectivity index (χ4v) is 2.04. The lowest BCUT2D eigenvalue weighted by Gasteiger charge is -2.29. The van der Waals surface area contributed by atoms with Crippen molar-refractivity contribution in [3.63, 3.8) is 0 Å². The summed E-state index contributed by atoms with van der Waals surface area (Å²) in [6.07, 6.45) is 4.03. The summed E-state index contributed by atoms with van der Waals surface area (Å²) >= 11 is 0.